The Labute approximate surface area is 69.2 Å². The maximum absolute atomic E-state index is 12.8. The lowest BCUT2D eigenvalue weighted by molar-refractivity contribution is 0.415. The van der Waals surface area contributed by atoms with Crippen molar-refractivity contribution in [3.05, 3.63) is 35.1 Å². The largest absolute Gasteiger partial charge is 0.368 e. The molecule has 1 aliphatic rings. The zero-order chi connectivity index (χ0) is 8.55. The van der Waals surface area contributed by atoms with Crippen molar-refractivity contribution in [1.82, 2.24) is 0 Å². The Morgan fingerprint density at radius 1 is 1.58 bits per heavy atom. The molecular weight excluding hydrogens is 157 g/mol. The van der Waals surface area contributed by atoms with Crippen LogP contribution in [0.2, 0.25) is 0 Å². The summed E-state index contributed by atoms with van der Waals surface area (Å²) in [6.07, 6.45) is 0.0812. The van der Waals surface area contributed by atoms with Crippen LogP contribution in [0.5, 0.6) is 0 Å². The van der Waals surface area contributed by atoms with E-state index in [4.69, 9.17) is 10.00 Å². The van der Waals surface area contributed by atoms with E-state index >= 15 is 0 Å². The van der Waals surface area contributed by atoms with Crippen LogP contribution in [0.1, 0.15) is 17.2 Å². The second kappa shape index (κ2) is 2.58. The molecule has 1 heterocycles. The van der Waals surface area contributed by atoms with Crippen LogP contribution in [-0.4, -0.2) is 6.61 Å². The van der Waals surface area contributed by atoms with Crippen LogP contribution in [0, 0.1) is 17.1 Å². The van der Waals surface area contributed by atoms with Crippen LogP contribution in [0.3, 0.4) is 0 Å². The summed E-state index contributed by atoms with van der Waals surface area (Å²) in [6.45, 7) is 0.677. The molecule has 2 rings (SSSR count). The second-order valence-electron chi connectivity index (χ2n) is 2.67. The molecule has 1 aliphatic heterocycles. The standard InChI is InChI=1S/C9H6FNO/c10-8-2-1-6(9-5-12-9)3-7(8)4-11/h1-3,9H,5H2. The summed E-state index contributed by atoms with van der Waals surface area (Å²) in [5.74, 6) is -0.470. The quantitative estimate of drug-likeness (QED) is 0.591. The van der Waals surface area contributed by atoms with Crippen LogP contribution >= 0.6 is 0 Å². The molecule has 0 spiro atoms. The zero-order valence-electron chi connectivity index (χ0n) is 6.25. The van der Waals surface area contributed by atoms with Gasteiger partial charge in [0.2, 0.25) is 0 Å². The Hall–Kier alpha value is -1.40. The number of benzene rings is 1. The fourth-order valence-electron chi connectivity index (χ4n) is 1.07. The molecule has 1 unspecified atom stereocenters. The molecule has 1 saturated heterocycles. The lowest BCUT2D eigenvalue weighted by Crippen LogP contribution is -1.87. The molecule has 0 radical (unpaired) electrons. The first-order chi connectivity index (χ1) is 5.81. The number of hydrogen-bond acceptors (Lipinski definition) is 2. The molecule has 0 bridgehead atoms. The maximum Gasteiger partial charge on any atom is 0.140 e. The first-order valence-corrected chi connectivity index (χ1v) is 3.62. The normalized spacial score (nSPS) is 20.2. The van der Waals surface area contributed by atoms with Crippen LogP contribution in [-0.2, 0) is 4.74 Å². The molecule has 0 aromatic heterocycles. The van der Waals surface area contributed by atoms with E-state index in [0.29, 0.717) is 6.61 Å². The summed E-state index contributed by atoms with van der Waals surface area (Å²) in [5, 5.41) is 8.51. The Balaban J connectivity index is 2.42. The van der Waals surface area contributed by atoms with E-state index in [1.54, 1.807) is 12.1 Å². The smallest absolute Gasteiger partial charge is 0.140 e. The third-order valence-corrected chi connectivity index (χ3v) is 1.82. The zero-order valence-corrected chi connectivity index (χ0v) is 6.25. The highest BCUT2D eigenvalue weighted by atomic mass is 19.1. The molecule has 2 nitrogen and oxygen atoms in total. The third-order valence-electron chi connectivity index (χ3n) is 1.82. The summed E-state index contributed by atoms with van der Waals surface area (Å²) < 4.78 is 17.8. The molecule has 0 aliphatic carbocycles. The van der Waals surface area contributed by atoms with Crippen molar-refractivity contribution in [2.24, 2.45) is 0 Å². The van der Waals surface area contributed by atoms with Crippen molar-refractivity contribution in [3.8, 4) is 6.07 Å². The highest BCUT2D eigenvalue weighted by molar-refractivity contribution is 5.36. The van der Waals surface area contributed by atoms with Gasteiger partial charge in [-0.05, 0) is 17.7 Å². The van der Waals surface area contributed by atoms with Gasteiger partial charge in [-0.25, -0.2) is 4.39 Å². The van der Waals surface area contributed by atoms with Gasteiger partial charge in [0, 0.05) is 0 Å². The monoisotopic (exact) mass is 163 g/mol. The predicted molar refractivity (Wildman–Crippen MR) is 39.8 cm³/mol. The van der Waals surface area contributed by atoms with Gasteiger partial charge in [0.05, 0.1) is 12.2 Å². The Morgan fingerprint density at radius 3 is 2.92 bits per heavy atom. The van der Waals surface area contributed by atoms with Gasteiger partial charge in [-0.1, -0.05) is 6.07 Å². The number of ether oxygens (including phenoxy) is 1. The average molecular weight is 163 g/mol. The van der Waals surface area contributed by atoms with E-state index in [-0.39, 0.29) is 11.7 Å². The molecule has 0 saturated carbocycles. The number of nitrogens with zero attached hydrogens (tertiary/aromatic N) is 1. The number of halogens is 1. The minimum Gasteiger partial charge on any atom is -0.368 e. The van der Waals surface area contributed by atoms with Crippen molar-refractivity contribution in [2.45, 2.75) is 6.10 Å². The molecule has 1 aromatic rings. The van der Waals surface area contributed by atoms with Gasteiger partial charge in [-0.3, -0.25) is 0 Å². The van der Waals surface area contributed by atoms with Crippen LogP contribution in [0.25, 0.3) is 0 Å². The molecule has 1 fully saturated rings. The Bertz CT molecular complexity index is 352. The molecular formula is C9H6FNO. The summed E-state index contributed by atoms with van der Waals surface area (Å²) in [7, 11) is 0. The predicted octanol–water partition coefficient (Wildman–Crippen LogP) is 1.77. The molecule has 1 aromatic carbocycles. The molecule has 0 N–H and O–H groups in total. The lowest BCUT2D eigenvalue weighted by atomic mass is 10.1. The van der Waals surface area contributed by atoms with Gasteiger partial charge >= 0.3 is 0 Å². The van der Waals surface area contributed by atoms with Gasteiger partial charge in [-0.2, -0.15) is 5.26 Å². The van der Waals surface area contributed by atoms with Crippen LogP contribution < -0.4 is 0 Å². The fraction of sp³-hybridized carbons (Fsp3) is 0.222. The summed E-state index contributed by atoms with van der Waals surface area (Å²) in [4.78, 5) is 0. The summed E-state index contributed by atoms with van der Waals surface area (Å²) in [6, 6.07) is 6.27. The molecule has 1 atom stereocenters. The Morgan fingerprint density at radius 2 is 2.33 bits per heavy atom. The van der Waals surface area contributed by atoms with E-state index in [0.717, 1.165) is 5.56 Å². The average Bonchev–Trinajstić information content (AvgIpc) is 2.88. The highest BCUT2D eigenvalue weighted by Crippen LogP contribution is 2.30. The van der Waals surface area contributed by atoms with Gasteiger partial charge in [-0.15, -0.1) is 0 Å². The lowest BCUT2D eigenvalue weighted by Gasteiger charge is -1.96. The summed E-state index contributed by atoms with van der Waals surface area (Å²) in [5.41, 5.74) is 0.968. The van der Waals surface area contributed by atoms with Gasteiger partial charge in [0.25, 0.3) is 0 Å². The van der Waals surface area contributed by atoms with E-state index in [2.05, 4.69) is 0 Å². The maximum atomic E-state index is 12.8. The Kier molecular flexibility index (Phi) is 1.56. The topological polar surface area (TPSA) is 36.3 Å². The van der Waals surface area contributed by atoms with Crippen molar-refractivity contribution in [2.75, 3.05) is 6.61 Å². The number of hydrogen-bond donors (Lipinski definition) is 0. The van der Waals surface area contributed by atoms with E-state index in [9.17, 15) is 4.39 Å². The van der Waals surface area contributed by atoms with Crippen molar-refractivity contribution < 1.29 is 9.13 Å². The first kappa shape index (κ1) is 7.26. The fourth-order valence-corrected chi connectivity index (χ4v) is 1.07. The van der Waals surface area contributed by atoms with Crippen molar-refractivity contribution in [3.63, 3.8) is 0 Å². The van der Waals surface area contributed by atoms with Crippen LogP contribution in [0.15, 0.2) is 18.2 Å². The van der Waals surface area contributed by atoms with Gasteiger partial charge in [0.15, 0.2) is 0 Å². The van der Waals surface area contributed by atoms with E-state index < -0.39 is 5.82 Å². The minimum atomic E-state index is -0.470. The van der Waals surface area contributed by atoms with E-state index in [1.807, 2.05) is 0 Å². The van der Waals surface area contributed by atoms with E-state index in [1.165, 1.54) is 12.1 Å². The second-order valence-corrected chi connectivity index (χ2v) is 2.67. The van der Waals surface area contributed by atoms with Crippen LogP contribution in [0.4, 0.5) is 4.39 Å². The van der Waals surface area contributed by atoms with Gasteiger partial charge < -0.3 is 4.74 Å². The highest BCUT2D eigenvalue weighted by Gasteiger charge is 2.25. The number of rotatable bonds is 1. The SMILES string of the molecule is N#Cc1cc(C2CO2)ccc1F. The number of nitriles is 1. The summed E-state index contributed by atoms with van der Waals surface area (Å²) >= 11 is 0. The molecule has 60 valence electrons. The first-order valence-electron chi connectivity index (χ1n) is 3.62. The van der Waals surface area contributed by atoms with Crippen molar-refractivity contribution in [1.29, 1.82) is 5.26 Å². The minimum absolute atomic E-state index is 0.0812. The molecule has 0 amide bonds. The molecule has 3 heteroatoms. The number of epoxide rings is 1. The molecule has 12 heavy (non-hydrogen) atoms. The van der Waals surface area contributed by atoms with Crippen molar-refractivity contribution >= 4 is 0 Å². The van der Waals surface area contributed by atoms with Gasteiger partial charge in [0.1, 0.15) is 18.0 Å². The third kappa shape index (κ3) is 1.17.